The molecule has 0 spiro atoms. The number of piperazine rings is 1. The first-order chi connectivity index (χ1) is 8.16. The smallest absolute Gasteiger partial charge is 0.238 e. The number of nitrogens with one attached hydrogen (secondary N) is 2. The maximum atomic E-state index is 12.0. The van der Waals surface area contributed by atoms with Crippen LogP contribution >= 0.6 is 11.3 Å². The van der Waals surface area contributed by atoms with Crippen molar-refractivity contribution in [3.8, 4) is 0 Å². The number of hydrogen-bond donors (Lipinski definition) is 2. The summed E-state index contributed by atoms with van der Waals surface area (Å²) in [5.74, 6) is 0.101. The summed E-state index contributed by atoms with van der Waals surface area (Å²) in [6, 6.07) is 2.01. The number of nitrogens with zero attached hydrogens (tertiary/aromatic N) is 1. The van der Waals surface area contributed by atoms with Crippen molar-refractivity contribution in [2.75, 3.05) is 26.7 Å². The van der Waals surface area contributed by atoms with Crippen molar-refractivity contribution in [2.45, 2.75) is 19.5 Å². The van der Waals surface area contributed by atoms with Crippen molar-refractivity contribution in [2.24, 2.45) is 0 Å². The van der Waals surface area contributed by atoms with Gasteiger partial charge in [-0.3, -0.25) is 4.79 Å². The molecule has 0 bridgehead atoms. The molecule has 1 unspecified atom stereocenters. The van der Waals surface area contributed by atoms with Crippen LogP contribution in [-0.4, -0.2) is 43.5 Å². The molecule has 0 aromatic carbocycles. The highest BCUT2D eigenvalue weighted by molar-refractivity contribution is 7.10. The molecule has 4 nitrogen and oxygen atoms in total. The maximum Gasteiger partial charge on any atom is 0.238 e. The van der Waals surface area contributed by atoms with E-state index in [2.05, 4.69) is 33.9 Å². The quantitative estimate of drug-likeness (QED) is 0.828. The van der Waals surface area contributed by atoms with Gasteiger partial charge in [0.2, 0.25) is 5.91 Å². The van der Waals surface area contributed by atoms with Gasteiger partial charge in [-0.05, 0) is 31.0 Å². The van der Waals surface area contributed by atoms with E-state index in [0.29, 0.717) is 6.54 Å². The average Bonchev–Trinajstić information content (AvgIpc) is 2.72. The zero-order chi connectivity index (χ0) is 12.3. The number of hydrogen-bond acceptors (Lipinski definition) is 4. The Morgan fingerprint density at radius 2 is 2.53 bits per heavy atom. The summed E-state index contributed by atoms with van der Waals surface area (Å²) in [5, 5.41) is 8.30. The fraction of sp³-hybridized carbons (Fsp3) is 0.583. The van der Waals surface area contributed by atoms with Crippen LogP contribution in [0, 0.1) is 6.92 Å². The lowest BCUT2D eigenvalue weighted by molar-refractivity contribution is -0.124. The van der Waals surface area contributed by atoms with E-state index in [1.54, 1.807) is 11.3 Å². The first kappa shape index (κ1) is 12.5. The number of carbonyl (C=O) groups excluding carboxylic acids is 1. The Balaban J connectivity index is 1.83. The van der Waals surface area contributed by atoms with E-state index in [-0.39, 0.29) is 11.9 Å². The number of likely N-dealkylation sites (N-methyl/N-ethyl adjacent to an activating group) is 1. The van der Waals surface area contributed by atoms with Crippen LogP contribution in [0.25, 0.3) is 0 Å². The molecule has 94 valence electrons. The van der Waals surface area contributed by atoms with Gasteiger partial charge in [0, 0.05) is 24.5 Å². The summed E-state index contributed by atoms with van der Waals surface area (Å²) in [6.45, 7) is 5.39. The summed E-state index contributed by atoms with van der Waals surface area (Å²) in [7, 11) is 2.05. The van der Waals surface area contributed by atoms with Crippen LogP contribution in [0.15, 0.2) is 11.4 Å². The lowest BCUT2D eigenvalue weighted by Gasteiger charge is -2.29. The van der Waals surface area contributed by atoms with Gasteiger partial charge in [-0.15, -0.1) is 11.3 Å². The van der Waals surface area contributed by atoms with Crippen molar-refractivity contribution in [1.29, 1.82) is 0 Å². The highest BCUT2D eigenvalue weighted by Crippen LogP contribution is 2.14. The van der Waals surface area contributed by atoms with Crippen molar-refractivity contribution >= 4 is 17.2 Å². The van der Waals surface area contributed by atoms with E-state index in [9.17, 15) is 4.79 Å². The van der Waals surface area contributed by atoms with Gasteiger partial charge in [0.1, 0.15) is 0 Å². The molecule has 2 N–H and O–H groups in total. The van der Waals surface area contributed by atoms with Gasteiger partial charge in [0.25, 0.3) is 0 Å². The first-order valence-electron chi connectivity index (χ1n) is 5.89. The molecule has 1 aromatic rings. The molecular formula is C12H19N3OS. The molecule has 1 aromatic heterocycles. The highest BCUT2D eigenvalue weighted by atomic mass is 32.1. The Kier molecular flexibility index (Phi) is 4.15. The van der Waals surface area contributed by atoms with Gasteiger partial charge in [-0.1, -0.05) is 0 Å². The number of aryl methyl sites for hydroxylation is 1. The zero-order valence-electron chi connectivity index (χ0n) is 10.3. The van der Waals surface area contributed by atoms with Crippen molar-refractivity contribution in [3.63, 3.8) is 0 Å². The Morgan fingerprint density at radius 1 is 1.71 bits per heavy atom. The Labute approximate surface area is 106 Å². The lowest BCUT2D eigenvalue weighted by Crippen LogP contribution is -2.55. The van der Waals surface area contributed by atoms with Gasteiger partial charge in [0.05, 0.1) is 12.6 Å². The summed E-state index contributed by atoms with van der Waals surface area (Å²) < 4.78 is 0. The van der Waals surface area contributed by atoms with Crippen molar-refractivity contribution in [3.05, 3.63) is 21.9 Å². The molecule has 1 amide bonds. The second-order valence-electron chi connectivity index (χ2n) is 4.51. The molecule has 2 rings (SSSR count). The van der Waals surface area contributed by atoms with E-state index in [1.165, 1.54) is 10.4 Å². The molecule has 1 atom stereocenters. The molecule has 1 aliphatic rings. The van der Waals surface area contributed by atoms with Gasteiger partial charge in [-0.2, -0.15) is 0 Å². The molecule has 0 saturated carbocycles. The normalized spacial score (nSPS) is 21.4. The largest absolute Gasteiger partial charge is 0.350 e. The maximum absolute atomic E-state index is 12.0. The van der Waals surface area contributed by atoms with Crippen LogP contribution in [0.2, 0.25) is 0 Å². The fourth-order valence-corrected chi connectivity index (χ4v) is 2.79. The van der Waals surface area contributed by atoms with E-state index in [1.807, 2.05) is 7.05 Å². The predicted octanol–water partition coefficient (Wildman–Crippen LogP) is 0.576. The van der Waals surface area contributed by atoms with Crippen LogP contribution in [0.3, 0.4) is 0 Å². The standard InChI is InChI=1S/C12H19N3OS/c1-9-3-6-17-11(9)7-14-12(16)10-8-15(2)5-4-13-10/h3,6,10,13H,4-5,7-8H2,1-2H3,(H,14,16). The lowest BCUT2D eigenvalue weighted by atomic mass is 10.2. The Hall–Kier alpha value is -0.910. The number of amides is 1. The summed E-state index contributed by atoms with van der Waals surface area (Å²) >= 11 is 1.69. The third-order valence-corrected chi connectivity index (χ3v) is 4.11. The van der Waals surface area contributed by atoms with E-state index in [0.717, 1.165) is 19.6 Å². The van der Waals surface area contributed by atoms with Gasteiger partial charge in [-0.25, -0.2) is 0 Å². The number of carbonyl (C=O) groups is 1. The van der Waals surface area contributed by atoms with E-state index < -0.39 is 0 Å². The third-order valence-electron chi connectivity index (χ3n) is 3.09. The van der Waals surface area contributed by atoms with E-state index >= 15 is 0 Å². The van der Waals surface area contributed by atoms with Crippen molar-refractivity contribution < 1.29 is 4.79 Å². The summed E-state index contributed by atoms with van der Waals surface area (Å²) in [6.07, 6.45) is 0. The zero-order valence-corrected chi connectivity index (χ0v) is 11.1. The minimum absolute atomic E-state index is 0.0750. The fourth-order valence-electron chi connectivity index (χ4n) is 1.95. The Bertz CT molecular complexity index is 391. The van der Waals surface area contributed by atoms with Crippen LogP contribution in [-0.2, 0) is 11.3 Å². The van der Waals surface area contributed by atoms with Crippen LogP contribution < -0.4 is 10.6 Å². The topological polar surface area (TPSA) is 44.4 Å². The van der Waals surface area contributed by atoms with Crippen LogP contribution in [0.4, 0.5) is 0 Å². The second-order valence-corrected chi connectivity index (χ2v) is 5.51. The summed E-state index contributed by atoms with van der Waals surface area (Å²) in [4.78, 5) is 15.4. The monoisotopic (exact) mass is 253 g/mol. The molecule has 0 aliphatic carbocycles. The third kappa shape index (κ3) is 3.28. The molecule has 2 heterocycles. The van der Waals surface area contributed by atoms with E-state index in [4.69, 9.17) is 0 Å². The summed E-state index contributed by atoms with van der Waals surface area (Å²) in [5.41, 5.74) is 1.25. The van der Waals surface area contributed by atoms with Gasteiger partial charge >= 0.3 is 0 Å². The molecular weight excluding hydrogens is 234 g/mol. The predicted molar refractivity (Wildman–Crippen MR) is 70.2 cm³/mol. The Morgan fingerprint density at radius 3 is 3.18 bits per heavy atom. The minimum Gasteiger partial charge on any atom is -0.350 e. The van der Waals surface area contributed by atoms with Crippen LogP contribution in [0.1, 0.15) is 10.4 Å². The second kappa shape index (κ2) is 5.62. The minimum atomic E-state index is -0.0750. The van der Waals surface area contributed by atoms with Crippen molar-refractivity contribution in [1.82, 2.24) is 15.5 Å². The first-order valence-corrected chi connectivity index (χ1v) is 6.77. The van der Waals surface area contributed by atoms with Gasteiger partial charge in [0.15, 0.2) is 0 Å². The molecule has 1 saturated heterocycles. The number of rotatable bonds is 3. The molecule has 1 aliphatic heterocycles. The molecule has 0 radical (unpaired) electrons. The average molecular weight is 253 g/mol. The molecule has 1 fully saturated rings. The SMILES string of the molecule is Cc1ccsc1CNC(=O)C1CN(C)CCN1. The number of thiophene rings is 1. The molecule has 5 heteroatoms. The van der Waals surface area contributed by atoms with Crippen LogP contribution in [0.5, 0.6) is 0 Å². The highest BCUT2D eigenvalue weighted by Gasteiger charge is 2.22. The molecule has 17 heavy (non-hydrogen) atoms. The van der Waals surface area contributed by atoms with Gasteiger partial charge < -0.3 is 15.5 Å².